The number of ketones is 1. The molecule has 0 N–H and O–H groups in total. The van der Waals surface area contributed by atoms with E-state index in [2.05, 4.69) is 0 Å². The Labute approximate surface area is 145 Å². The molecule has 0 aliphatic carbocycles. The van der Waals surface area contributed by atoms with Crippen molar-refractivity contribution in [1.29, 1.82) is 0 Å². The maximum Gasteiger partial charge on any atom is 0.500 e. The van der Waals surface area contributed by atoms with Crippen molar-refractivity contribution in [2.24, 2.45) is 0 Å². The van der Waals surface area contributed by atoms with Crippen molar-refractivity contribution in [3.63, 3.8) is 0 Å². The van der Waals surface area contributed by atoms with Gasteiger partial charge in [0.1, 0.15) is 0 Å². The molecule has 0 aliphatic rings. The first kappa shape index (κ1) is 20.8. The quantitative estimate of drug-likeness (QED) is 0.402. The third kappa shape index (κ3) is 7.08. The standard InChI is InChI=1S/C17H29NO5Si/c1-4-21-24(22-5-2,23-6-3)14-10-8-11-16(19)15-18-13-9-7-12-17(18)20/h7,9,12-13H,4-6,8,10-11,14-15H2,1-3H3. The summed E-state index contributed by atoms with van der Waals surface area (Å²) in [5.74, 6) is 0.0554. The fraction of sp³-hybridized carbons (Fsp3) is 0.647. The van der Waals surface area contributed by atoms with Crippen LogP contribution in [-0.4, -0.2) is 39.0 Å². The molecular formula is C17H29NO5Si. The second kappa shape index (κ2) is 11.3. The molecule has 24 heavy (non-hydrogen) atoms. The topological polar surface area (TPSA) is 66.8 Å². The van der Waals surface area contributed by atoms with Crippen LogP contribution >= 0.6 is 0 Å². The Morgan fingerprint density at radius 1 is 1.04 bits per heavy atom. The summed E-state index contributed by atoms with van der Waals surface area (Å²) < 4.78 is 18.8. The highest BCUT2D eigenvalue weighted by Gasteiger charge is 2.39. The Hall–Kier alpha value is -1.28. The van der Waals surface area contributed by atoms with Crippen LogP contribution < -0.4 is 5.56 Å². The molecule has 0 unspecified atom stereocenters. The van der Waals surface area contributed by atoms with Crippen LogP contribution in [0.25, 0.3) is 0 Å². The Morgan fingerprint density at radius 3 is 2.21 bits per heavy atom. The van der Waals surface area contributed by atoms with Crippen LogP contribution in [0.4, 0.5) is 0 Å². The highest BCUT2D eigenvalue weighted by molar-refractivity contribution is 6.60. The number of carbonyl (C=O) groups is 1. The number of Topliss-reactive ketones (excluding diaryl/α,β-unsaturated/α-hetero) is 1. The monoisotopic (exact) mass is 355 g/mol. The molecule has 6 nitrogen and oxygen atoms in total. The molecule has 0 saturated carbocycles. The van der Waals surface area contributed by atoms with E-state index in [1.807, 2.05) is 20.8 Å². The van der Waals surface area contributed by atoms with E-state index >= 15 is 0 Å². The van der Waals surface area contributed by atoms with E-state index in [9.17, 15) is 9.59 Å². The lowest BCUT2D eigenvalue weighted by atomic mass is 10.2. The number of unbranched alkanes of at least 4 members (excludes halogenated alkanes) is 1. The Kier molecular flexibility index (Phi) is 9.78. The zero-order valence-electron chi connectivity index (χ0n) is 15.0. The summed E-state index contributed by atoms with van der Waals surface area (Å²) in [6, 6.07) is 5.59. The minimum Gasteiger partial charge on any atom is -0.374 e. The van der Waals surface area contributed by atoms with Crippen LogP contribution in [0.3, 0.4) is 0 Å². The first-order valence-electron chi connectivity index (χ1n) is 8.66. The lowest BCUT2D eigenvalue weighted by Crippen LogP contribution is -2.45. The van der Waals surface area contributed by atoms with Gasteiger partial charge in [0.25, 0.3) is 5.56 Å². The molecule has 7 heteroatoms. The van der Waals surface area contributed by atoms with Crippen LogP contribution in [0.5, 0.6) is 0 Å². The maximum atomic E-state index is 12.0. The minimum atomic E-state index is -2.62. The lowest BCUT2D eigenvalue weighted by Gasteiger charge is -2.28. The molecule has 1 heterocycles. The van der Waals surface area contributed by atoms with Crippen LogP contribution in [0.1, 0.15) is 40.0 Å². The number of pyridine rings is 1. The molecule has 136 valence electrons. The van der Waals surface area contributed by atoms with Crippen molar-refractivity contribution < 1.29 is 18.1 Å². The first-order valence-corrected chi connectivity index (χ1v) is 10.6. The third-order valence-electron chi connectivity index (χ3n) is 3.53. The average Bonchev–Trinajstić information content (AvgIpc) is 2.55. The predicted molar refractivity (Wildman–Crippen MR) is 95.0 cm³/mol. The van der Waals surface area contributed by atoms with Gasteiger partial charge in [-0.3, -0.25) is 9.59 Å². The van der Waals surface area contributed by atoms with Crippen molar-refractivity contribution in [3.05, 3.63) is 34.7 Å². The lowest BCUT2D eigenvalue weighted by molar-refractivity contribution is -0.119. The van der Waals surface area contributed by atoms with E-state index in [0.29, 0.717) is 32.3 Å². The summed E-state index contributed by atoms with van der Waals surface area (Å²) in [4.78, 5) is 23.6. The number of rotatable bonds is 13. The van der Waals surface area contributed by atoms with Gasteiger partial charge in [-0.15, -0.1) is 0 Å². The molecule has 0 aliphatic heterocycles. The first-order chi connectivity index (χ1) is 11.6. The van der Waals surface area contributed by atoms with E-state index < -0.39 is 8.80 Å². The van der Waals surface area contributed by atoms with Gasteiger partial charge >= 0.3 is 8.80 Å². The van der Waals surface area contributed by atoms with E-state index in [1.165, 1.54) is 10.6 Å². The summed E-state index contributed by atoms with van der Waals surface area (Å²) >= 11 is 0. The molecule has 0 spiro atoms. The van der Waals surface area contributed by atoms with Gasteiger partial charge in [-0.2, -0.15) is 0 Å². The molecule has 0 atom stereocenters. The summed E-state index contributed by atoms with van der Waals surface area (Å²) in [6.07, 6.45) is 3.62. The maximum absolute atomic E-state index is 12.0. The number of carbonyl (C=O) groups excluding carboxylic acids is 1. The summed E-state index contributed by atoms with van der Waals surface area (Å²) in [7, 11) is -2.62. The van der Waals surface area contributed by atoms with Gasteiger partial charge in [0, 0.05) is 44.5 Å². The number of aromatic nitrogens is 1. The summed E-state index contributed by atoms with van der Waals surface area (Å²) in [5.41, 5.74) is -0.152. The smallest absolute Gasteiger partial charge is 0.374 e. The van der Waals surface area contributed by atoms with E-state index in [0.717, 1.165) is 12.8 Å². The van der Waals surface area contributed by atoms with Crippen LogP contribution in [-0.2, 0) is 24.6 Å². The molecule has 0 saturated heterocycles. The Bertz CT molecular complexity index is 529. The van der Waals surface area contributed by atoms with Crippen LogP contribution in [0, 0.1) is 0 Å². The van der Waals surface area contributed by atoms with Crippen LogP contribution in [0.2, 0.25) is 6.04 Å². The largest absolute Gasteiger partial charge is 0.500 e. The zero-order chi connectivity index (χ0) is 17.8. The molecule has 0 amide bonds. The van der Waals surface area contributed by atoms with Gasteiger partial charge in [-0.05, 0) is 39.7 Å². The molecular weight excluding hydrogens is 326 g/mol. The molecule has 0 radical (unpaired) electrons. The van der Waals surface area contributed by atoms with Crippen molar-refractivity contribution in [1.82, 2.24) is 4.57 Å². The molecule has 0 fully saturated rings. The fourth-order valence-electron chi connectivity index (χ4n) is 2.53. The highest BCUT2D eigenvalue weighted by atomic mass is 28.4. The molecule has 0 bridgehead atoms. The van der Waals surface area contributed by atoms with E-state index in [4.69, 9.17) is 13.3 Å². The average molecular weight is 356 g/mol. The second-order valence-electron chi connectivity index (χ2n) is 5.39. The summed E-state index contributed by atoms with van der Waals surface area (Å²) in [6.45, 7) is 7.60. The number of hydrogen-bond acceptors (Lipinski definition) is 5. The molecule has 1 rings (SSSR count). The highest BCUT2D eigenvalue weighted by Crippen LogP contribution is 2.20. The van der Waals surface area contributed by atoms with Crippen molar-refractivity contribution in [2.45, 2.75) is 52.6 Å². The van der Waals surface area contributed by atoms with E-state index in [-0.39, 0.29) is 17.9 Å². The van der Waals surface area contributed by atoms with Crippen molar-refractivity contribution in [2.75, 3.05) is 19.8 Å². The fourth-order valence-corrected chi connectivity index (χ4v) is 5.21. The Balaban J connectivity index is 2.43. The molecule has 1 aromatic rings. The van der Waals surface area contributed by atoms with Crippen molar-refractivity contribution >= 4 is 14.6 Å². The zero-order valence-corrected chi connectivity index (χ0v) is 16.0. The van der Waals surface area contributed by atoms with Gasteiger partial charge in [0.05, 0.1) is 6.54 Å². The normalized spacial score (nSPS) is 11.6. The van der Waals surface area contributed by atoms with E-state index in [1.54, 1.807) is 18.3 Å². The molecule has 1 aromatic heterocycles. The van der Waals surface area contributed by atoms with Crippen LogP contribution in [0.15, 0.2) is 29.2 Å². The third-order valence-corrected chi connectivity index (χ3v) is 6.68. The van der Waals surface area contributed by atoms with Crippen molar-refractivity contribution in [3.8, 4) is 0 Å². The predicted octanol–water partition coefficient (Wildman–Crippen LogP) is 2.64. The van der Waals surface area contributed by atoms with Gasteiger partial charge in [0.15, 0.2) is 5.78 Å². The Morgan fingerprint density at radius 2 is 1.67 bits per heavy atom. The SMILES string of the molecule is CCO[Si](CCCCC(=O)Cn1ccccc1=O)(OCC)OCC. The van der Waals surface area contributed by atoms with Gasteiger partial charge < -0.3 is 17.8 Å². The molecule has 0 aromatic carbocycles. The van der Waals surface area contributed by atoms with Gasteiger partial charge in [-0.1, -0.05) is 6.07 Å². The second-order valence-corrected chi connectivity index (χ2v) is 8.13. The van der Waals surface area contributed by atoms with Gasteiger partial charge in [0.2, 0.25) is 0 Å². The minimum absolute atomic E-state index is 0.0554. The number of hydrogen-bond donors (Lipinski definition) is 0. The summed E-state index contributed by atoms with van der Waals surface area (Å²) in [5, 5.41) is 0. The van der Waals surface area contributed by atoms with Gasteiger partial charge in [-0.25, -0.2) is 0 Å². The number of nitrogens with zero attached hydrogens (tertiary/aromatic N) is 1.